The molecule has 0 spiro atoms. The number of ether oxygens (including phenoxy) is 4. The first-order chi connectivity index (χ1) is 16.7. The summed E-state index contributed by atoms with van der Waals surface area (Å²) < 4.78 is 22.2. The number of carbonyl (C=O) groups excluding carboxylic acids is 3. The van der Waals surface area contributed by atoms with Gasteiger partial charge in [-0.3, -0.25) is 19.4 Å². The van der Waals surface area contributed by atoms with Gasteiger partial charge in [-0.1, -0.05) is 6.07 Å². The minimum atomic E-state index is -1.07. The van der Waals surface area contributed by atoms with Crippen molar-refractivity contribution < 1.29 is 33.3 Å². The quantitative estimate of drug-likeness (QED) is 0.430. The van der Waals surface area contributed by atoms with Gasteiger partial charge in [0.1, 0.15) is 17.9 Å². The lowest BCUT2D eigenvalue weighted by molar-refractivity contribution is -0.186. The fourth-order valence-electron chi connectivity index (χ4n) is 3.50. The Morgan fingerprint density at radius 1 is 0.886 bits per heavy atom. The van der Waals surface area contributed by atoms with E-state index in [9.17, 15) is 19.6 Å². The summed E-state index contributed by atoms with van der Waals surface area (Å²) in [5.41, 5.74) is 0.970. The normalized spacial score (nSPS) is 21.1. The van der Waals surface area contributed by atoms with Gasteiger partial charge in [0, 0.05) is 38.3 Å². The van der Waals surface area contributed by atoms with Crippen molar-refractivity contribution in [3.63, 3.8) is 0 Å². The fraction of sp³-hybridized carbons (Fsp3) is 0.333. The molecule has 1 aromatic heterocycles. The first-order valence-electron chi connectivity index (χ1n) is 10.4. The summed E-state index contributed by atoms with van der Waals surface area (Å²) in [6, 6.07) is 10.5. The smallest absolute Gasteiger partial charge is 0.303 e. The van der Waals surface area contributed by atoms with Crippen LogP contribution in [0.4, 0.5) is 0 Å². The second-order valence-corrected chi connectivity index (χ2v) is 8.64. The van der Waals surface area contributed by atoms with Crippen LogP contribution in [-0.2, 0) is 28.6 Å². The Hall–Kier alpha value is -4.09. The maximum atomic E-state index is 11.8. The number of nitrogens with zero attached hydrogens (tertiary/aromatic N) is 3. The van der Waals surface area contributed by atoms with Crippen molar-refractivity contribution in [2.75, 3.05) is 5.75 Å². The Labute approximate surface area is 205 Å². The predicted molar refractivity (Wildman–Crippen MR) is 123 cm³/mol. The minimum absolute atomic E-state index is 0.230. The summed E-state index contributed by atoms with van der Waals surface area (Å²) in [7, 11) is 0. The Bertz CT molecular complexity index is 1220. The summed E-state index contributed by atoms with van der Waals surface area (Å²) in [4.78, 5) is 39.3. The second-order valence-electron chi connectivity index (χ2n) is 7.51. The number of esters is 3. The number of thioether (sulfide) groups is 1. The topological polar surface area (TPSA) is 149 Å². The molecule has 35 heavy (non-hydrogen) atoms. The molecule has 1 fully saturated rings. The molecule has 0 aliphatic carbocycles. The zero-order chi connectivity index (χ0) is 25.5. The van der Waals surface area contributed by atoms with Crippen LogP contribution in [0.3, 0.4) is 0 Å². The van der Waals surface area contributed by atoms with Crippen molar-refractivity contribution in [2.24, 2.45) is 0 Å². The van der Waals surface area contributed by atoms with Crippen LogP contribution in [0.5, 0.6) is 5.75 Å². The largest absolute Gasteiger partial charge is 0.474 e. The number of hydrogen-bond donors (Lipinski definition) is 0. The molecule has 1 aromatic carbocycles. The SMILES string of the molecule is CC(=O)O[C@@H]1[C@@H](OC(C)=O)[C@@H](Oc2cncc(-c3ccc(C#N)c(C#N)c3)c2)SC[C@H]1OC(C)=O. The first-order valence-corrected chi connectivity index (χ1v) is 11.5. The highest BCUT2D eigenvalue weighted by atomic mass is 32.2. The molecule has 3 rings (SSSR count). The zero-order valence-electron chi connectivity index (χ0n) is 19.1. The minimum Gasteiger partial charge on any atom is -0.474 e. The monoisotopic (exact) mass is 495 g/mol. The van der Waals surface area contributed by atoms with E-state index < -0.39 is 41.7 Å². The van der Waals surface area contributed by atoms with Gasteiger partial charge in [-0.2, -0.15) is 10.5 Å². The van der Waals surface area contributed by atoms with Crippen LogP contribution in [0.1, 0.15) is 31.9 Å². The van der Waals surface area contributed by atoms with Crippen molar-refractivity contribution in [1.82, 2.24) is 4.98 Å². The molecule has 0 unspecified atom stereocenters. The van der Waals surface area contributed by atoms with Crippen LogP contribution in [0.15, 0.2) is 36.7 Å². The Morgan fingerprint density at radius 2 is 1.54 bits per heavy atom. The molecule has 0 N–H and O–H groups in total. The van der Waals surface area contributed by atoms with Gasteiger partial charge in [-0.25, -0.2) is 0 Å². The van der Waals surface area contributed by atoms with Crippen molar-refractivity contribution in [1.29, 1.82) is 10.5 Å². The van der Waals surface area contributed by atoms with Crippen molar-refractivity contribution in [3.8, 4) is 29.0 Å². The van der Waals surface area contributed by atoms with E-state index in [-0.39, 0.29) is 16.9 Å². The third-order valence-corrected chi connectivity index (χ3v) is 6.08. The van der Waals surface area contributed by atoms with Crippen LogP contribution in [0, 0.1) is 22.7 Å². The summed E-state index contributed by atoms with van der Waals surface area (Å²) in [6.45, 7) is 3.65. The van der Waals surface area contributed by atoms with E-state index in [0.29, 0.717) is 16.9 Å². The molecule has 1 aliphatic heterocycles. The third-order valence-electron chi connectivity index (χ3n) is 4.86. The molecule has 10 nitrogen and oxygen atoms in total. The number of aromatic nitrogens is 1. The van der Waals surface area contributed by atoms with Crippen LogP contribution >= 0.6 is 11.8 Å². The van der Waals surface area contributed by atoms with E-state index in [2.05, 4.69) is 4.98 Å². The van der Waals surface area contributed by atoms with Crippen LogP contribution in [0.2, 0.25) is 0 Å². The lowest BCUT2D eigenvalue weighted by atomic mass is 10.0. The predicted octanol–water partition coefficient (Wildman–Crippen LogP) is 2.74. The number of benzene rings is 1. The summed E-state index contributed by atoms with van der Waals surface area (Å²) in [5, 5.41) is 18.4. The summed E-state index contributed by atoms with van der Waals surface area (Å²) >= 11 is 1.23. The highest BCUT2D eigenvalue weighted by Crippen LogP contribution is 2.35. The maximum absolute atomic E-state index is 11.8. The molecule has 0 amide bonds. The van der Waals surface area contributed by atoms with E-state index in [1.165, 1.54) is 38.7 Å². The number of carbonyl (C=O) groups is 3. The summed E-state index contributed by atoms with van der Waals surface area (Å²) in [5.74, 6) is -1.27. The van der Waals surface area contributed by atoms with Crippen LogP contribution in [0.25, 0.3) is 11.1 Å². The van der Waals surface area contributed by atoms with E-state index in [0.717, 1.165) is 0 Å². The molecular formula is C24H21N3O7S. The molecule has 4 atom stereocenters. The highest BCUT2D eigenvalue weighted by molar-refractivity contribution is 7.99. The fourth-order valence-corrected chi connectivity index (χ4v) is 4.72. The lowest BCUT2D eigenvalue weighted by Crippen LogP contribution is -2.55. The van der Waals surface area contributed by atoms with Gasteiger partial charge in [0.15, 0.2) is 23.7 Å². The number of pyridine rings is 1. The van der Waals surface area contributed by atoms with Gasteiger partial charge in [0.2, 0.25) is 0 Å². The van der Waals surface area contributed by atoms with Gasteiger partial charge < -0.3 is 18.9 Å². The van der Waals surface area contributed by atoms with E-state index >= 15 is 0 Å². The maximum Gasteiger partial charge on any atom is 0.303 e. The van der Waals surface area contributed by atoms with Crippen molar-refractivity contribution in [2.45, 2.75) is 44.5 Å². The average molecular weight is 496 g/mol. The molecule has 1 aliphatic rings. The van der Waals surface area contributed by atoms with Gasteiger partial charge >= 0.3 is 17.9 Å². The molecule has 0 saturated carbocycles. The van der Waals surface area contributed by atoms with Crippen molar-refractivity contribution in [3.05, 3.63) is 47.8 Å². The van der Waals surface area contributed by atoms with E-state index in [4.69, 9.17) is 24.2 Å². The first kappa shape index (κ1) is 25.5. The number of nitriles is 2. The Balaban J connectivity index is 1.90. The summed E-state index contributed by atoms with van der Waals surface area (Å²) in [6.07, 6.45) is 0.0643. The number of hydrogen-bond acceptors (Lipinski definition) is 11. The molecule has 180 valence electrons. The zero-order valence-corrected chi connectivity index (χ0v) is 19.9. The average Bonchev–Trinajstić information content (AvgIpc) is 2.81. The highest BCUT2D eigenvalue weighted by Gasteiger charge is 2.47. The molecule has 2 heterocycles. The van der Waals surface area contributed by atoms with Crippen LogP contribution in [-0.4, -0.2) is 52.4 Å². The van der Waals surface area contributed by atoms with Crippen LogP contribution < -0.4 is 4.74 Å². The molecule has 0 radical (unpaired) electrons. The Morgan fingerprint density at radius 3 is 2.17 bits per heavy atom. The molecule has 1 saturated heterocycles. The lowest BCUT2D eigenvalue weighted by Gasteiger charge is -2.39. The molecular weight excluding hydrogens is 474 g/mol. The molecule has 11 heteroatoms. The standard InChI is InChI=1S/C24H21N3O7S/c1-13(28)31-21-12-35-24(23(33-15(3)30)22(21)32-14(2)29)34-20-7-19(10-27-11-20)16-4-5-17(8-25)18(6-16)9-26/h4-7,10-11,21-24H,12H2,1-3H3/t21-,22+,23-,24+/m1/s1. The van der Waals surface area contributed by atoms with E-state index in [1.54, 1.807) is 30.5 Å². The van der Waals surface area contributed by atoms with E-state index in [1.807, 2.05) is 12.1 Å². The van der Waals surface area contributed by atoms with Gasteiger partial charge in [0.25, 0.3) is 0 Å². The number of rotatable bonds is 6. The molecule has 2 aromatic rings. The van der Waals surface area contributed by atoms with Gasteiger partial charge in [0.05, 0.1) is 17.3 Å². The second kappa shape index (κ2) is 11.4. The van der Waals surface area contributed by atoms with Gasteiger partial charge in [-0.15, -0.1) is 11.8 Å². The molecule has 0 bridgehead atoms. The third kappa shape index (κ3) is 6.49. The van der Waals surface area contributed by atoms with Gasteiger partial charge in [-0.05, 0) is 23.8 Å². The Kier molecular flexibility index (Phi) is 8.29. The van der Waals surface area contributed by atoms with Crippen molar-refractivity contribution >= 4 is 29.7 Å².